The number of thioether (sulfide) groups is 1. The Kier molecular flexibility index (Phi) is 4.26. The number of ether oxygens (including phenoxy) is 1. The molecule has 21 heavy (non-hydrogen) atoms. The summed E-state index contributed by atoms with van der Waals surface area (Å²) in [6, 6.07) is 17.9. The van der Waals surface area contributed by atoms with Gasteiger partial charge in [0.15, 0.2) is 0 Å². The van der Waals surface area contributed by atoms with Crippen molar-refractivity contribution in [1.82, 2.24) is 0 Å². The number of rotatable bonds is 5. The van der Waals surface area contributed by atoms with Gasteiger partial charge in [0.25, 0.3) is 0 Å². The van der Waals surface area contributed by atoms with E-state index in [-0.39, 0.29) is 0 Å². The lowest BCUT2D eigenvalue weighted by molar-refractivity contribution is -0.104. The predicted molar refractivity (Wildman–Crippen MR) is 85.7 cm³/mol. The standard InChI is InChI=1S/C17H15NO2S/c19-12-10-17-18(15-8-4-5-9-16(15)21-17)11-13-20-14-6-2-1-3-7-14/h1-10,12H,11,13H2. The monoisotopic (exact) mass is 297 g/mol. The Balaban J connectivity index is 1.70. The van der Waals surface area contributed by atoms with Gasteiger partial charge in [0.1, 0.15) is 18.6 Å². The lowest BCUT2D eigenvalue weighted by atomic mass is 10.3. The normalized spacial score (nSPS) is 15.0. The van der Waals surface area contributed by atoms with Crippen molar-refractivity contribution in [2.45, 2.75) is 4.90 Å². The molecule has 0 saturated heterocycles. The van der Waals surface area contributed by atoms with E-state index >= 15 is 0 Å². The van der Waals surface area contributed by atoms with Gasteiger partial charge in [-0.1, -0.05) is 42.1 Å². The van der Waals surface area contributed by atoms with Crippen molar-refractivity contribution in [3.05, 3.63) is 65.7 Å². The van der Waals surface area contributed by atoms with E-state index in [1.165, 1.54) is 4.90 Å². The van der Waals surface area contributed by atoms with Crippen LogP contribution in [0.25, 0.3) is 0 Å². The summed E-state index contributed by atoms with van der Waals surface area (Å²) in [5.74, 6) is 0.860. The van der Waals surface area contributed by atoms with E-state index in [0.29, 0.717) is 13.2 Å². The molecule has 4 heteroatoms. The number of hydrogen-bond acceptors (Lipinski definition) is 4. The molecule has 0 aromatic heterocycles. The zero-order valence-corrected chi connectivity index (χ0v) is 12.3. The van der Waals surface area contributed by atoms with Crippen molar-refractivity contribution >= 4 is 23.7 Å². The van der Waals surface area contributed by atoms with Crippen LogP contribution in [0.2, 0.25) is 0 Å². The van der Waals surface area contributed by atoms with E-state index in [1.807, 2.05) is 42.5 Å². The van der Waals surface area contributed by atoms with Crippen molar-refractivity contribution in [2.24, 2.45) is 0 Å². The van der Waals surface area contributed by atoms with Crippen LogP contribution in [0.3, 0.4) is 0 Å². The summed E-state index contributed by atoms with van der Waals surface area (Å²) >= 11 is 1.62. The number of fused-ring (bicyclic) bond motifs is 1. The molecule has 2 aromatic carbocycles. The van der Waals surface area contributed by atoms with Crippen molar-refractivity contribution in [1.29, 1.82) is 0 Å². The van der Waals surface area contributed by atoms with Crippen LogP contribution in [0.15, 0.2) is 70.6 Å². The van der Waals surface area contributed by atoms with E-state index in [9.17, 15) is 4.79 Å². The minimum atomic E-state index is 0.565. The maximum atomic E-state index is 10.8. The van der Waals surface area contributed by atoms with E-state index in [4.69, 9.17) is 4.74 Å². The number of nitrogens with zero attached hydrogens (tertiary/aromatic N) is 1. The van der Waals surface area contributed by atoms with Gasteiger partial charge >= 0.3 is 0 Å². The maximum absolute atomic E-state index is 10.8. The first kappa shape index (κ1) is 13.8. The summed E-state index contributed by atoms with van der Waals surface area (Å²) in [7, 11) is 0. The molecule has 106 valence electrons. The Labute approximate surface area is 128 Å². The van der Waals surface area contributed by atoms with Gasteiger partial charge in [-0.25, -0.2) is 0 Å². The van der Waals surface area contributed by atoms with E-state index in [2.05, 4.69) is 17.0 Å². The molecule has 0 unspecified atom stereocenters. The predicted octanol–water partition coefficient (Wildman–Crippen LogP) is 3.72. The summed E-state index contributed by atoms with van der Waals surface area (Å²) in [4.78, 5) is 14.1. The highest BCUT2D eigenvalue weighted by Crippen LogP contribution is 2.45. The molecular formula is C17H15NO2S. The first-order valence-corrected chi connectivity index (χ1v) is 7.58. The molecule has 0 atom stereocenters. The average molecular weight is 297 g/mol. The summed E-state index contributed by atoms with van der Waals surface area (Å²) in [5, 5.41) is 0.947. The van der Waals surface area contributed by atoms with Crippen molar-refractivity contribution in [2.75, 3.05) is 18.1 Å². The van der Waals surface area contributed by atoms with Gasteiger partial charge in [0.2, 0.25) is 0 Å². The molecule has 0 saturated carbocycles. The number of carbonyl (C=O) groups excluding carboxylic acids is 1. The minimum Gasteiger partial charge on any atom is -0.492 e. The van der Waals surface area contributed by atoms with Gasteiger partial charge in [-0.05, 0) is 24.3 Å². The number of hydrogen-bond donors (Lipinski definition) is 0. The number of anilines is 1. The van der Waals surface area contributed by atoms with Crippen LogP contribution in [0.1, 0.15) is 0 Å². The van der Waals surface area contributed by atoms with Crippen LogP contribution in [-0.4, -0.2) is 19.4 Å². The summed E-state index contributed by atoms with van der Waals surface area (Å²) in [6.07, 6.45) is 2.44. The van der Waals surface area contributed by atoms with Crippen LogP contribution >= 0.6 is 11.8 Å². The second-order valence-corrected chi connectivity index (χ2v) is 5.59. The molecule has 1 aliphatic heterocycles. The van der Waals surface area contributed by atoms with Gasteiger partial charge < -0.3 is 9.64 Å². The highest BCUT2D eigenvalue weighted by atomic mass is 32.2. The molecule has 2 aromatic rings. The third-order valence-electron chi connectivity index (χ3n) is 3.17. The molecule has 0 radical (unpaired) electrons. The fourth-order valence-electron chi connectivity index (χ4n) is 2.24. The summed E-state index contributed by atoms with van der Waals surface area (Å²) in [6.45, 7) is 1.27. The number of allylic oxidation sites excluding steroid dienone is 1. The molecule has 0 fully saturated rings. The Morgan fingerprint density at radius 1 is 1.05 bits per heavy atom. The van der Waals surface area contributed by atoms with E-state index < -0.39 is 0 Å². The van der Waals surface area contributed by atoms with Crippen LogP contribution in [0, 0.1) is 0 Å². The van der Waals surface area contributed by atoms with Gasteiger partial charge in [-0.15, -0.1) is 0 Å². The highest BCUT2D eigenvalue weighted by Gasteiger charge is 2.24. The molecular weight excluding hydrogens is 282 g/mol. The Morgan fingerprint density at radius 2 is 1.81 bits per heavy atom. The largest absolute Gasteiger partial charge is 0.492 e. The SMILES string of the molecule is O=CC=C1Sc2ccccc2N1CCOc1ccccc1. The molecule has 3 nitrogen and oxygen atoms in total. The summed E-state index contributed by atoms with van der Waals surface area (Å²) < 4.78 is 5.74. The van der Waals surface area contributed by atoms with Crippen LogP contribution in [0.4, 0.5) is 5.69 Å². The fraction of sp³-hybridized carbons (Fsp3) is 0.118. The topological polar surface area (TPSA) is 29.5 Å². The molecule has 0 amide bonds. The smallest absolute Gasteiger partial charge is 0.145 e. The number of para-hydroxylation sites is 2. The number of benzene rings is 2. The maximum Gasteiger partial charge on any atom is 0.145 e. The molecule has 0 N–H and O–H groups in total. The van der Waals surface area contributed by atoms with E-state index in [1.54, 1.807) is 17.8 Å². The number of carbonyl (C=O) groups is 1. The third kappa shape index (κ3) is 3.11. The Morgan fingerprint density at radius 3 is 2.62 bits per heavy atom. The second-order valence-electron chi connectivity index (χ2n) is 4.52. The van der Waals surface area contributed by atoms with Gasteiger partial charge in [-0.3, -0.25) is 4.79 Å². The highest BCUT2D eigenvalue weighted by molar-refractivity contribution is 8.03. The summed E-state index contributed by atoms with van der Waals surface area (Å²) in [5.41, 5.74) is 1.13. The zero-order valence-electron chi connectivity index (χ0n) is 11.4. The Hall–Kier alpha value is -2.20. The quantitative estimate of drug-likeness (QED) is 0.621. The third-order valence-corrected chi connectivity index (χ3v) is 4.30. The lowest BCUT2D eigenvalue weighted by Gasteiger charge is -2.20. The van der Waals surface area contributed by atoms with Crippen molar-refractivity contribution in [3.8, 4) is 5.75 Å². The lowest BCUT2D eigenvalue weighted by Crippen LogP contribution is -2.24. The van der Waals surface area contributed by atoms with Crippen LogP contribution in [-0.2, 0) is 4.79 Å². The molecule has 1 heterocycles. The van der Waals surface area contributed by atoms with Crippen molar-refractivity contribution < 1.29 is 9.53 Å². The van der Waals surface area contributed by atoms with Gasteiger partial charge in [0.05, 0.1) is 17.3 Å². The first-order valence-electron chi connectivity index (χ1n) is 6.76. The van der Waals surface area contributed by atoms with Crippen LogP contribution in [0.5, 0.6) is 5.75 Å². The van der Waals surface area contributed by atoms with Crippen molar-refractivity contribution in [3.63, 3.8) is 0 Å². The van der Waals surface area contributed by atoms with E-state index in [0.717, 1.165) is 22.8 Å². The molecule has 1 aliphatic rings. The zero-order chi connectivity index (χ0) is 14.5. The molecule has 3 rings (SSSR count). The molecule has 0 bridgehead atoms. The Bertz CT molecular complexity index is 655. The minimum absolute atomic E-state index is 0.565. The number of aldehydes is 1. The fourth-order valence-corrected chi connectivity index (χ4v) is 3.32. The molecule has 0 spiro atoms. The first-order chi connectivity index (χ1) is 10.4. The van der Waals surface area contributed by atoms with Crippen LogP contribution < -0.4 is 9.64 Å². The average Bonchev–Trinajstić information content (AvgIpc) is 2.87. The van der Waals surface area contributed by atoms with Gasteiger partial charge in [-0.2, -0.15) is 0 Å². The van der Waals surface area contributed by atoms with Gasteiger partial charge in [0, 0.05) is 11.0 Å². The second kappa shape index (κ2) is 6.50. The molecule has 0 aliphatic carbocycles.